The van der Waals surface area contributed by atoms with Gasteiger partial charge in [0.25, 0.3) is 0 Å². The molecule has 98 valence electrons. The molecule has 0 saturated heterocycles. The minimum atomic E-state index is -0.106. The fourth-order valence-corrected chi connectivity index (χ4v) is 2.34. The Morgan fingerprint density at radius 2 is 1.10 bits per heavy atom. The van der Waals surface area contributed by atoms with E-state index in [1.54, 1.807) is 12.1 Å². The van der Waals surface area contributed by atoms with E-state index in [0.717, 1.165) is 16.7 Å². The van der Waals surface area contributed by atoms with E-state index in [1.807, 2.05) is 54.6 Å². The Labute approximate surface area is 117 Å². The molecule has 0 bridgehead atoms. The third-order valence-corrected chi connectivity index (χ3v) is 3.32. The molecule has 0 radical (unpaired) electrons. The minimum Gasteiger partial charge on any atom is -0.504 e. The number of rotatable bonds is 2. The average molecular weight is 262 g/mol. The number of phenols is 2. The van der Waals surface area contributed by atoms with Crippen LogP contribution in [0.3, 0.4) is 0 Å². The first-order chi connectivity index (χ1) is 9.77. The average Bonchev–Trinajstić information content (AvgIpc) is 2.51. The number of aromatic hydroxyl groups is 2. The van der Waals surface area contributed by atoms with Gasteiger partial charge >= 0.3 is 0 Å². The Hall–Kier alpha value is -2.74. The van der Waals surface area contributed by atoms with E-state index in [2.05, 4.69) is 0 Å². The monoisotopic (exact) mass is 262 g/mol. The largest absolute Gasteiger partial charge is 0.504 e. The molecule has 3 rings (SSSR count). The SMILES string of the molecule is Oc1cccc(-c2ccccc2-c2ccccc2)c1O. The molecule has 0 aliphatic rings. The Balaban J connectivity index is 2.23. The first-order valence-electron chi connectivity index (χ1n) is 6.43. The second-order valence-corrected chi connectivity index (χ2v) is 4.58. The minimum absolute atomic E-state index is 0.0871. The van der Waals surface area contributed by atoms with Crippen LogP contribution in [0.2, 0.25) is 0 Å². The summed E-state index contributed by atoms with van der Waals surface area (Å²) in [6, 6.07) is 22.8. The van der Waals surface area contributed by atoms with Gasteiger partial charge in [-0.3, -0.25) is 0 Å². The first-order valence-corrected chi connectivity index (χ1v) is 6.43. The van der Waals surface area contributed by atoms with Crippen molar-refractivity contribution in [2.24, 2.45) is 0 Å². The van der Waals surface area contributed by atoms with Crippen LogP contribution < -0.4 is 0 Å². The van der Waals surface area contributed by atoms with Crippen molar-refractivity contribution in [1.29, 1.82) is 0 Å². The van der Waals surface area contributed by atoms with Crippen molar-refractivity contribution in [3.05, 3.63) is 72.8 Å². The molecular formula is C18H14O2. The van der Waals surface area contributed by atoms with Gasteiger partial charge in [0.15, 0.2) is 11.5 Å². The van der Waals surface area contributed by atoms with Crippen LogP contribution in [0, 0.1) is 0 Å². The molecule has 3 aromatic carbocycles. The molecule has 2 heteroatoms. The Morgan fingerprint density at radius 3 is 1.85 bits per heavy atom. The molecule has 0 heterocycles. The van der Waals surface area contributed by atoms with Gasteiger partial charge in [0, 0.05) is 5.56 Å². The van der Waals surface area contributed by atoms with E-state index in [4.69, 9.17) is 0 Å². The lowest BCUT2D eigenvalue weighted by atomic mass is 9.94. The second kappa shape index (κ2) is 5.10. The van der Waals surface area contributed by atoms with Gasteiger partial charge in [0.05, 0.1) is 0 Å². The van der Waals surface area contributed by atoms with E-state index >= 15 is 0 Å². The molecule has 0 unspecified atom stereocenters. The molecule has 0 aromatic heterocycles. The number of phenolic OH excluding ortho intramolecular Hbond substituents is 2. The summed E-state index contributed by atoms with van der Waals surface area (Å²) in [6.07, 6.45) is 0. The van der Waals surface area contributed by atoms with Crippen LogP contribution >= 0.6 is 0 Å². The fourth-order valence-electron chi connectivity index (χ4n) is 2.34. The smallest absolute Gasteiger partial charge is 0.165 e. The molecule has 0 saturated carbocycles. The van der Waals surface area contributed by atoms with Crippen molar-refractivity contribution in [2.75, 3.05) is 0 Å². The maximum Gasteiger partial charge on any atom is 0.165 e. The van der Waals surface area contributed by atoms with Gasteiger partial charge in [-0.1, -0.05) is 66.7 Å². The lowest BCUT2D eigenvalue weighted by Crippen LogP contribution is -1.85. The fraction of sp³-hybridized carbons (Fsp3) is 0. The number of hydrogen-bond donors (Lipinski definition) is 2. The van der Waals surface area contributed by atoms with Gasteiger partial charge in [-0.05, 0) is 22.8 Å². The van der Waals surface area contributed by atoms with E-state index in [-0.39, 0.29) is 11.5 Å². The van der Waals surface area contributed by atoms with Crippen LogP contribution in [0.5, 0.6) is 11.5 Å². The Morgan fingerprint density at radius 1 is 0.500 bits per heavy atom. The summed E-state index contributed by atoms with van der Waals surface area (Å²) in [6.45, 7) is 0. The van der Waals surface area contributed by atoms with Crippen LogP contribution in [0.15, 0.2) is 72.8 Å². The molecule has 0 fully saturated rings. The summed E-state index contributed by atoms with van der Waals surface area (Å²) in [5, 5.41) is 19.7. The normalized spacial score (nSPS) is 10.4. The zero-order chi connectivity index (χ0) is 13.9. The molecule has 2 nitrogen and oxygen atoms in total. The van der Waals surface area contributed by atoms with Crippen molar-refractivity contribution in [3.8, 4) is 33.8 Å². The molecule has 20 heavy (non-hydrogen) atoms. The lowest BCUT2D eigenvalue weighted by Gasteiger charge is -2.12. The molecule has 2 N–H and O–H groups in total. The van der Waals surface area contributed by atoms with Crippen molar-refractivity contribution >= 4 is 0 Å². The lowest BCUT2D eigenvalue weighted by molar-refractivity contribution is 0.405. The van der Waals surface area contributed by atoms with Crippen LogP contribution in [0.25, 0.3) is 22.3 Å². The predicted octanol–water partition coefficient (Wildman–Crippen LogP) is 4.43. The van der Waals surface area contributed by atoms with Crippen LogP contribution in [0.1, 0.15) is 0 Å². The maximum atomic E-state index is 10.1. The highest BCUT2D eigenvalue weighted by molar-refractivity contribution is 5.86. The summed E-state index contributed by atoms with van der Waals surface area (Å²) in [5.41, 5.74) is 3.62. The molecule has 0 amide bonds. The van der Waals surface area contributed by atoms with Crippen LogP contribution in [-0.2, 0) is 0 Å². The molecule has 0 spiro atoms. The van der Waals surface area contributed by atoms with Crippen LogP contribution in [-0.4, -0.2) is 10.2 Å². The highest BCUT2D eigenvalue weighted by Crippen LogP contribution is 2.40. The highest BCUT2D eigenvalue weighted by atomic mass is 16.3. The zero-order valence-corrected chi connectivity index (χ0v) is 10.8. The standard InChI is InChI=1S/C18H14O2/c19-17-12-6-11-16(18(17)20)15-10-5-4-9-14(15)13-7-2-1-3-8-13/h1-12,19-20H. The third kappa shape index (κ3) is 2.12. The van der Waals surface area contributed by atoms with Gasteiger partial charge in [0.1, 0.15) is 0 Å². The predicted molar refractivity (Wildman–Crippen MR) is 80.6 cm³/mol. The van der Waals surface area contributed by atoms with Crippen molar-refractivity contribution < 1.29 is 10.2 Å². The number of hydrogen-bond acceptors (Lipinski definition) is 2. The Bertz CT molecular complexity index is 733. The quantitative estimate of drug-likeness (QED) is 0.671. The van der Waals surface area contributed by atoms with Gasteiger partial charge in [-0.2, -0.15) is 0 Å². The molecule has 0 atom stereocenters. The maximum absolute atomic E-state index is 10.1. The van der Waals surface area contributed by atoms with Gasteiger partial charge in [0.2, 0.25) is 0 Å². The van der Waals surface area contributed by atoms with Crippen molar-refractivity contribution in [1.82, 2.24) is 0 Å². The number of para-hydroxylation sites is 1. The third-order valence-electron chi connectivity index (χ3n) is 3.32. The van der Waals surface area contributed by atoms with Gasteiger partial charge in [-0.15, -0.1) is 0 Å². The molecule has 0 aliphatic heterocycles. The van der Waals surface area contributed by atoms with Crippen LogP contribution in [0.4, 0.5) is 0 Å². The summed E-state index contributed by atoms with van der Waals surface area (Å²) in [4.78, 5) is 0. The van der Waals surface area contributed by atoms with Crippen molar-refractivity contribution in [2.45, 2.75) is 0 Å². The van der Waals surface area contributed by atoms with E-state index in [9.17, 15) is 10.2 Å². The zero-order valence-electron chi connectivity index (χ0n) is 10.8. The van der Waals surface area contributed by atoms with Gasteiger partial charge in [-0.25, -0.2) is 0 Å². The summed E-state index contributed by atoms with van der Waals surface area (Å²) in [5.74, 6) is -0.193. The Kier molecular flexibility index (Phi) is 3.13. The molecular weight excluding hydrogens is 248 g/mol. The van der Waals surface area contributed by atoms with E-state index in [0.29, 0.717) is 5.56 Å². The second-order valence-electron chi connectivity index (χ2n) is 4.58. The van der Waals surface area contributed by atoms with Crippen molar-refractivity contribution in [3.63, 3.8) is 0 Å². The number of benzene rings is 3. The summed E-state index contributed by atoms with van der Waals surface area (Å²) in [7, 11) is 0. The molecule has 3 aromatic rings. The topological polar surface area (TPSA) is 40.5 Å². The summed E-state index contributed by atoms with van der Waals surface area (Å²) < 4.78 is 0. The molecule has 0 aliphatic carbocycles. The van der Waals surface area contributed by atoms with E-state index < -0.39 is 0 Å². The first kappa shape index (κ1) is 12.3. The summed E-state index contributed by atoms with van der Waals surface area (Å²) >= 11 is 0. The van der Waals surface area contributed by atoms with Gasteiger partial charge < -0.3 is 10.2 Å². The van der Waals surface area contributed by atoms with E-state index in [1.165, 1.54) is 6.07 Å². The highest BCUT2D eigenvalue weighted by Gasteiger charge is 2.12.